The van der Waals surface area contributed by atoms with E-state index in [0.29, 0.717) is 16.7 Å². The van der Waals surface area contributed by atoms with Crippen LogP contribution < -0.4 is 5.32 Å². The number of carbonyl (C=O) groups excluding carboxylic acids is 1. The summed E-state index contributed by atoms with van der Waals surface area (Å²) in [5.74, 6) is 0.819. The van der Waals surface area contributed by atoms with Crippen LogP contribution in [0.4, 0.5) is 0 Å². The van der Waals surface area contributed by atoms with Crippen molar-refractivity contribution in [2.45, 2.75) is 43.6 Å². The van der Waals surface area contributed by atoms with Crippen molar-refractivity contribution >= 4 is 29.0 Å². The van der Waals surface area contributed by atoms with Gasteiger partial charge in [-0.2, -0.15) is 0 Å². The summed E-state index contributed by atoms with van der Waals surface area (Å²) in [6.45, 7) is 0. The molecule has 0 spiro atoms. The van der Waals surface area contributed by atoms with Crippen molar-refractivity contribution in [3.05, 3.63) is 45.4 Å². The molecule has 114 valence electrons. The molecule has 1 aromatic heterocycles. The fourth-order valence-electron chi connectivity index (χ4n) is 2.99. The van der Waals surface area contributed by atoms with E-state index in [-0.39, 0.29) is 11.9 Å². The quantitative estimate of drug-likeness (QED) is 0.927. The first kappa shape index (κ1) is 14.2. The number of nitrogens with zero attached hydrogens (tertiary/aromatic N) is 2. The van der Waals surface area contributed by atoms with Gasteiger partial charge < -0.3 is 5.32 Å². The molecule has 0 aliphatic heterocycles. The van der Waals surface area contributed by atoms with Gasteiger partial charge in [0.15, 0.2) is 0 Å². The number of aromatic nitrogens is 2. The van der Waals surface area contributed by atoms with Crippen molar-refractivity contribution in [1.29, 1.82) is 0 Å². The minimum absolute atomic E-state index is 0.0134. The fraction of sp³-hybridized carbons (Fsp3) is 0.438. The number of rotatable bonds is 4. The van der Waals surface area contributed by atoms with Crippen LogP contribution in [0.5, 0.6) is 0 Å². The smallest absolute Gasteiger partial charge is 0.265 e. The highest BCUT2D eigenvalue weighted by atomic mass is 35.5. The molecule has 0 unspecified atom stereocenters. The van der Waals surface area contributed by atoms with Crippen LogP contribution in [0.15, 0.2) is 24.3 Å². The molecule has 1 N–H and O–H groups in total. The lowest BCUT2D eigenvalue weighted by molar-refractivity contribution is 0.0907. The summed E-state index contributed by atoms with van der Waals surface area (Å²) in [5.41, 5.74) is 2.13. The second-order valence-corrected chi connectivity index (χ2v) is 7.27. The molecule has 2 aliphatic rings. The molecule has 2 aromatic rings. The van der Waals surface area contributed by atoms with E-state index in [0.717, 1.165) is 36.4 Å². The largest absolute Gasteiger partial charge is 0.348 e. The summed E-state index contributed by atoms with van der Waals surface area (Å²) in [7, 11) is 0. The molecule has 1 heterocycles. The Morgan fingerprint density at radius 3 is 2.59 bits per heavy atom. The van der Waals surface area contributed by atoms with Gasteiger partial charge in [-0.1, -0.05) is 28.2 Å². The van der Waals surface area contributed by atoms with Crippen LogP contribution in [0, 0.1) is 0 Å². The average Bonchev–Trinajstić information content (AvgIpc) is 3.22. The van der Waals surface area contributed by atoms with Crippen molar-refractivity contribution in [1.82, 2.24) is 14.9 Å². The summed E-state index contributed by atoms with van der Waals surface area (Å²) in [6, 6.07) is 8.12. The summed E-state index contributed by atoms with van der Waals surface area (Å²) < 4.78 is 3.96. The molecular weight excluding hydrogens is 318 g/mol. The zero-order valence-electron chi connectivity index (χ0n) is 12.0. The Labute approximate surface area is 138 Å². The predicted octanol–water partition coefficient (Wildman–Crippen LogP) is 3.74. The second-order valence-electron chi connectivity index (χ2n) is 6.08. The molecule has 2 atom stereocenters. The summed E-state index contributed by atoms with van der Waals surface area (Å²) in [6.07, 6.45) is 4.37. The van der Waals surface area contributed by atoms with E-state index in [9.17, 15) is 4.79 Å². The van der Waals surface area contributed by atoms with E-state index in [4.69, 9.17) is 11.6 Å². The van der Waals surface area contributed by atoms with Gasteiger partial charge in [0.2, 0.25) is 0 Å². The average molecular weight is 334 g/mol. The van der Waals surface area contributed by atoms with Crippen molar-refractivity contribution in [3.8, 4) is 0 Å². The molecule has 22 heavy (non-hydrogen) atoms. The standard InChI is InChI=1S/C16H16ClN3OS/c17-11-5-3-9(4-6-11)12-7-8-13(12)18-16(21)15-14(10-1-2-10)19-20-22-15/h3-6,10,12-13H,1-2,7-8H2,(H,18,21)/t12-,13-/m0/s1. The highest BCUT2D eigenvalue weighted by molar-refractivity contribution is 7.08. The van der Waals surface area contributed by atoms with Crippen LogP contribution in [-0.4, -0.2) is 21.5 Å². The van der Waals surface area contributed by atoms with Gasteiger partial charge >= 0.3 is 0 Å². The van der Waals surface area contributed by atoms with Crippen molar-refractivity contribution in [2.24, 2.45) is 0 Å². The minimum Gasteiger partial charge on any atom is -0.348 e. The first-order chi connectivity index (χ1) is 10.7. The van der Waals surface area contributed by atoms with Gasteiger partial charge in [0.05, 0.1) is 5.69 Å². The van der Waals surface area contributed by atoms with Gasteiger partial charge in [-0.3, -0.25) is 4.79 Å². The maximum Gasteiger partial charge on any atom is 0.265 e. The van der Waals surface area contributed by atoms with Gasteiger partial charge in [-0.15, -0.1) is 5.10 Å². The first-order valence-electron chi connectivity index (χ1n) is 7.61. The van der Waals surface area contributed by atoms with Crippen LogP contribution in [-0.2, 0) is 0 Å². The lowest BCUT2D eigenvalue weighted by Gasteiger charge is -2.37. The summed E-state index contributed by atoms with van der Waals surface area (Å²) in [5, 5.41) is 8.04. The Bertz CT molecular complexity index is 696. The monoisotopic (exact) mass is 333 g/mol. The lowest BCUT2D eigenvalue weighted by Crippen LogP contribution is -2.45. The molecule has 0 saturated heterocycles. The molecule has 4 nitrogen and oxygen atoms in total. The van der Waals surface area contributed by atoms with Crippen molar-refractivity contribution in [2.75, 3.05) is 0 Å². The molecule has 2 aliphatic carbocycles. The van der Waals surface area contributed by atoms with Crippen molar-refractivity contribution in [3.63, 3.8) is 0 Å². The number of amides is 1. The predicted molar refractivity (Wildman–Crippen MR) is 86.6 cm³/mol. The van der Waals surface area contributed by atoms with Gasteiger partial charge in [0.1, 0.15) is 4.88 Å². The van der Waals surface area contributed by atoms with E-state index < -0.39 is 0 Å². The maximum absolute atomic E-state index is 12.5. The van der Waals surface area contributed by atoms with E-state index in [1.807, 2.05) is 12.1 Å². The van der Waals surface area contributed by atoms with Crippen LogP contribution >= 0.6 is 23.1 Å². The van der Waals surface area contributed by atoms with E-state index in [1.165, 1.54) is 17.1 Å². The van der Waals surface area contributed by atoms with Gasteiger partial charge in [-0.05, 0) is 54.9 Å². The minimum atomic E-state index is -0.0134. The molecule has 4 rings (SSSR count). The normalized spacial score (nSPS) is 23.9. The van der Waals surface area contributed by atoms with E-state index in [2.05, 4.69) is 27.0 Å². The molecule has 0 radical (unpaired) electrons. The van der Waals surface area contributed by atoms with Gasteiger partial charge in [0.25, 0.3) is 5.91 Å². The Hall–Kier alpha value is -1.46. The van der Waals surface area contributed by atoms with Crippen LogP contribution in [0.25, 0.3) is 0 Å². The number of hydrogen-bond donors (Lipinski definition) is 1. The molecule has 0 bridgehead atoms. The number of nitrogens with one attached hydrogen (secondary N) is 1. The number of halogens is 1. The molecule has 6 heteroatoms. The first-order valence-corrected chi connectivity index (χ1v) is 8.76. The molecule has 1 amide bonds. The van der Waals surface area contributed by atoms with Gasteiger partial charge in [-0.25, -0.2) is 0 Å². The summed E-state index contributed by atoms with van der Waals surface area (Å²) >= 11 is 7.15. The lowest BCUT2D eigenvalue weighted by atomic mass is 9.75. The molecular formula is C16H16ClN3OS. The van der Waals surface area contributed by atoms with E-state index in [1.54, 1.807) is 0 Å². The highest BCUT2D eigenvalue weighted by Crippen LogP contribution is 2.42. The third kappa shape index (κ3) is 2.63. The number of carbonyl (C=O) groups is 1. The Morgan fingerprint density at radius 2 is 1.95 bits per heavy atom. The Morgan fingerprint density at radius 1 is 1.18 bits per heavy atom. The number of benzene rings is 1. The molecule has 2 fully saturated rings. The fourth-order valence-corrected chi connectivity index (χ4v) is 3.77. The maximum atomic E-state index is 12.5. The van der Waals surface area contributed by atoms with Crippen LogP contribution in [0.3, 0.4) is 0 Å². The zero-order valence-corrected chi connectivity index (χ0v) is 13.5. The van der Waals surface area contributed by atoms with Crippen LogP contribution in [0.1, 0.15) is 58.4 Å². The second kappa shape index (κ2) is 5.63. The molecule has 1 aromatic carbocycles. The number of hydrogen-bond acceptors (Lipinski definition) is 4. The Kier molecular flexibility index (Phi) is 3.62. The topological polar surface area (TPSA) is 54.9 Å². The summed E-state index contributed by atoms with van der Waals surface area (Å²) in [4.78, 5) is 13.2. The van der Waals surface area contributed by atoms with E-state index >= 15 is 0 Å². The zero-order chi connectivity index (χ0) is 15.1. The highest BCUT2D eigenvalue weighted by Gasteiger charge is 2.36. The third-order valence-electron chi connectivity index (χ3n) is 4.57. The SMILES string of the molecule is O=C(N[C@H]1CC[C@H]1c1ccc(Cl)cc1)c1snnc1C1CC1. The van der Waals surface area contributed by atoms with Gasteiger partial charge in [0, 0.05) is 22.9 Å². The van der Waals surface area contributed by atoms with Crippen molar-refractivity contribution < 1.29 is 4.79 Å². The Balaban J connectivity index is 1.45. The van der Waals surface area contributed by atoms with Crippen LogP contribution in [0.2, 0.25) is 5.02 Å². The third-order valence-corrected chi connectivity index (χ3v) is 5.56. The molecule has 2 saturated carbocycles.